The van der Waals surface area contributed by atoms with Crippen LogP contribution in [0.5, 0.6) is 0 Å². The molecule has 0 aliphatic carbocycles. The van der Waals surface area contributed by atoms with E-state index in [2.05, 4.69) is 9.88 Å². The number of nitrogens with zero attached hydrogens (tertiary/aromatic N) is 3. The Hall–Kier alpha value is -1.20. The van der Waals surface area contributed by atoms with Crippen LogP contribution in [0.2, 0.25) is 0 Å². The fourth-order valence-electron chi connectivity index (χ4n) is 2.85. The lowest BCUT2D eigenvalue weighted by Crippen LogP contribution is -2.41. The molecule has 0 bridgehead atoms. The first-order valence-electron chi connectivity index (χ1n) is 8.14. The lowest BCUT2D eigenvalue weighted by molar-refractivity contribution is 0.00538. The molecule has 2 heterocycles. The molecule has 0 saturated carbocycles. The van der Waals surface area contributed by atoms with Gasteiger partial charge in [-0.15, -0.1) is 0 Å². The molecular weight excluding hydrogens is 281 g/mol. The smallest absolute Gasteiger partial charge is 0.146 e. The Labute approximate surface area is 134 Å². The van der Waals surface area contributed by atoms with Crippen molar-refractivity contribution in [2.45, 2.75) is 45.6 Å². The topological polar surface area (TPSA) is 39.6 Å². The number of halogens is 1. The zero-order valence-corrected chi connectivity index (χ0v) is 14.6. The average molecular weight is 311 g/mol. The van der Waals surface area contributed by atoms with E-state index in [1.807, 2.05) is 32.8 Å². The molecule has 22 heavy (non-hydrogen) atoms. The van der Waals surface area contributed by atoms with Gasteiger partial charge in [-0.3, -0.25) is 4.98 Å². The highest BCUT2D eigenvalue weighted by atomic mass is 19.1. The summed E-state index contributed by atoms with van der Waals surface area (Å²) in [4.78, 5) is 8.21. The van der Waals surface area contributed by atoms with Crippen molar-refractivity contribution in [3.05, 3.63) is 23.8 Å². The molecule has 1 aliphatic rings. The maximum absolute atomic E-state index is 13.6. The highest BCUT2D eigenvalue weighted by molar-refractivity contribution is 5.45. The Bertz CT molecular complexity index is 467. The zero-order valence-electron chi connectivity index (χ0n) is 14.6. The van der Waals surface area contributed by atoms with Crippen LogP contribution in [0, 0.1) is 12.7 Å². The number of hydrogen-bond acceptors (Lipinski definition) is 4. The quantitative estimate of drug-likeness (QED) is 0.932. The van der Waals surface area contributed by atoms with Crippen molar-refractivity contribution in [3.63, 3.8) is 0 Å². The second-order valence-corrected chi connectivity index (χ2v) is 6.06. The molecule has 2 rings (SSSR count). The van der Waals surface area contributed by atoms with Gasteiger partial charge in [-0.25, -0.2) is 4.39 Å². The third kappa shape index (κ3) is 5.21. The number of anilines is 1. The first kappa shape index (κ1) is 18.8. The van der Waals surface area contributed by atoms with Gasteiger partial charge >= 0.3 is 0 Å². The second-order valence-electron chi connectivity index (χ2n) is 6.06. The maximum Gasteiger partial charge on any atom is 0.146 e. The van der Waals surface area contributed by atoms with E-state index < -0.39 is 5.60 Å². The van der Waals surface area contributed by atoms with Crippen LogP contribution in [0.4, 0.5) is 10.1 Å². The summed E-state index contributed by atoms with van der Waals surface area (Å²) in [6, 6.07) is 1.54. The highest BCUT2D eigenvalue weighted by Crippen LogP contribution is 2.26. The van der Waals surface area contributed by atoms with Crippen LogP contribution < -0.4 is 4.90 Å². The Morgan fingerprint density at radius 1 is 1.32 bits per heavy atom. The van der Waals surface area contributed by atoms with E-state index in [1.54, 1.807) is 19.2 Å². The molecule has 0 aromatic carbocycles. The summed E-state index contributed by atoms with van der Waals surface area (Å²) in [7, 11) is 3.94. The molecule has 1 saturated heterocycles. The molecule has 1 unspecified atom stereocenters. The summed E-state index contributed by atoms with van der Waals surface area (Å²) in [5.74, 6) is -0.268. The number of aliphatic hydroxyl groups is 1. The van der Waals surface area contributed by atoms with Crippen LogP contribution >= 0.6 is 0 Å². The molecular formula is C17H30FN3O. The number of rotatable bonds is 3. The molecule has 4 nitrogen and oxygen atoms in total. The fraction of sp³-hybridized carbons (Fsp3) is 0.706. The summed E-state index contributed by atoms with van der Waals surface area (Å²) in [5, 5.41) is 10.6. The van der Waals surface area contributed by atoms with E-state index in [0.717, 1.165) is 31.6 Å². The lowest BCUT2D eigenvalue weighted by Gasteiger charge is -2.30. The van der Waals surface area contributed by atoms with Crippen molar-refractivity contribution in [1.29, 1.82) is 0 Å². The molecule has 1 N–H and O–H groups in total. The van der Waals surface area contributed by atoms with Crippen molar-refractivity contribution in [3.8, 4) is 0 Å². The minimum Gasteiger partial charge on any atom is -0.388 e. The summed E-state index contributed by atoms with van der Waals surface area (Å²) < 4.78 is 13.6. The van der Waals surface area contributed by atoms with Gasteiger partial charge in [0.1, 0.15) is 5.82 Å². The largest absolute Gasteiger partial charge is 0.388 e. The van der Waals surface area contributed by atoms with Gasteiger partial charge in [-0.1, -0.05) is 13.8 Å². The van der Waals surface area contributed by atoms with Gasteiger partial charge in [0, 0.05) is 25.7 Å². The van der Waals surface area contributed by atoms with Crippen LogP contribution in [0.25, 0.3) is 0 Å². The normalized spacial score (nSPS) is 22.1. The first-order valence-corrected chi connectivity index (χ1v) is 8.14. The van der Waals surface area contributed by atoms with Crippen molar-refractivity contribution < 1.29 is 9.50 Å². The SMILES string of the molecule is CC.Cc1ncc(N2CCCC(O)(CN(C)C)CC2)cc1F. The standard InChI is InChI=1S/C15H24FN3O.C2H6/c1-12-14(16)9-13(10-17-12)19-7-4-5-15(20,6-8-19)11-18(2)3;1-2/h9-10,20H,4-8,11H2,1-3H3;1-2H3. The molecule has 1 atom stereocenters. The van der Waals surface area contributed by atoms with Crippen LogP contribution in [-0.2, 0) is 0 Å². The molecule has 1 aromatic heterocycles. The second kappa shape index (κ2) is 8.44. The Morgan fingerprint density at radius 3 is 2.59 bits per heavy atom. The van der Waals surface area contributed by atoms with E-state index in [1.165, 1.54) is 0 Å². The van der Waals surface area contributed by atoms with E-state index in [0.29, 0.717) is 18.7 Å². The molecule has 126 valence electrons. The molecule has 0 amide bonds. The number of likely N-dealkylation sites (N-methyl/N-ethyl adjacent to an activating group) is 1. The summed E-state index contributed by atoms with van der Waals surface area (Å²) >= 11 is 0. The summed E-state index contributed by atoms with van der Waals surface area (Å²) in [5.41, 5.74) is 0.587. The maximum atomic E-state index is 13.6. The molecule has 1 fully saturated rings. The number of pyridine rings is 1. The Morgan fingerprint density at radius 2 is 2.00 bits per heavy atom. The van der Waals surface area contributed by atoms with Crippen LogP contribution in [-0.4, -0.2) is 54.3 Å². The van der Waals surface area contributed by atoms with Crippen molar-refractivity contribution in [1.82, 2.24) is 9.88 Å². The molecule has 0 spiro atoms. The molecule has 1 aliphatic heterocycles. The van der Waals surface area contributed by atoms with Gasteiger partial charge in [0.05, 0.1) is 23.2 Å². The average Bonchev–Trinajstić information content (AvgIpc) is 2.65. The molecule has 5 heteroatoms. The summed E-state index contributed by atoms with van der Waals surface area (Å²) in [6.45, 7) is 7.90. The molecule has 1 aromatic rings. The third-order valence-electron chi connectivity index (χ3n) is 3.90. The predicted molar refractivity (Wildman–Crippen MR) is 89.8 cm³/mol. The fourth-order valence-corrected chi connectivity index (χ4v) is 2.85. The van der Waals surface area contributed by atoms with Crippen LogP contribution in [0.15, 0.2) is 12.3 Å². The van der Waals surface area contributed by atoms with E-state index in [-0.39, 0.29) is 5.82 Å². The summed E-state index contributed by atoms with van der Waals surface area (Å²) in [6.07, 6.45) is 4.10. The Kier molecular flexibility index (Phi) is 7.23. The van der Waals surface area contributed by atoms with Crippen molar-refractivity contribution in [2.75, 3.05) is 38.6 Å². The highest BCUT2D eigenvalue weighted by Gasteiger charge is 2.30. The van der Waals surface area contributed by atoms with Crippen molar-refractivity contribution >= 4 is 5.69 Å². The minimum atomic E-state index is -0.644. The third-order valence-corrected chi connectivity index (χ3v) is 3.90. The van der Waals surface area contributed by atoms with E-state index in [9.17, 15) is 9.50 Å². The number of aromatic nitrogens is 1. The van der Waals surface area contributed by atoms with Gasteiger partial charge in [-0.05, 0) is 40.3 Å². The lowest BCUT2D eigenvalue weighted by atomic mass is 9.94. The monoisotopic (exact) mass is 311 g/mol. The first-order chi connectivity index (χ1) is 10.4. The van der Waals surface area contributed by atoms with Crippen molar-refractivity contribution in [2.24, 2.45) is 0 Å². The van der Waals surface area contributed by atoms with Gasteiger partial charge in [0.15, 0.2) is 0 Å². The van der Waals surface area contributed by atoms with Crippen LogP contribution in [0.3, 0.4) is 0 Å². The van der Waals surface area contributed by atoms with Gasteiger partial charge in [-0.2, -0.15) is 0 Å². The van der Waals surface area contributed by atoms with Crippen LogP contribution in [0.1, 0.15) is 38.8 Å². The number of aryl methyl sites for hydroxylation is 1. The van der Waals surface area contributed by atoms with E-state index in [4.69, 9.17) is 0 Å². The van der Waals surface area contributed by atoms with E-state index >= 15 is 0 Å². The zero-order chi connectivity index (χ0) is 16.8. The van der Waals surface area contributed by atoms with Gasteiger partial charge < -0.3 is 14.9 Å². The van der Waals surface area contributed by atoms with Gasteiger partial charge in [0.25, 0.3) is 0 Å². The Balaban J connectivity index is 0.00000116. The molecule has 0 radical (unpaired) electrons. The predicted octanol–water partition coefficient (Wildman–Crippen LogP) is 2.84. The van der Waals surface area contributed by atoms with Gasteiger partial charge in [0.2, 0.25) is 0 Å². The minimum absolute atomic E-state index is 0.268. The number of hydrogen-bond donors (Lipinski definition) is 1.